The van der Waals surface area contributed by atoms with Crippen LogP contribution in [0.3, 0.4) is 0 Å². The molecule has 1 radical (unpaired) electrons. The minimum atomic E-state index is 1.07. The molecule has 0 rings (SSSR count). The lowest BCUT2D eigenvalue weighted by molar-refractivity contribution is 1.14. The first-order valence-electron chi connectivity index (χ1n) is 2.10. The molecule has 0 amide bonds. The summed E-state index contributed by atoms with van der Waals surface area (Å²) in [4.78, 5) is 1.84. The molecule has 2 heteroatoms. The summed E-state index contributed by atoms with van der Waals surface area (Å²) in [7, 11) is 0. The van der Waals surface area contributed by atoms with Crippen molar-refractivity contribution >= 4 is 31.9 Å². The lowest BCUT2D eigenvalue weighted by atomic mass is 10.3. The third kappa shape index (κ3) is 4.56. The molecule has 0 nitrogen and oxygen atoms in total. The standard InChI is InChI=1S/C5H7Br2/c1-2-3-5(7)4-6/h3-4H,2H2,1H3/b5-4-. The fourth-order valence-corrected chi connectivity index (χ4v) is 0.750. The van der Waals surface area contributed by atoms with Crippen molar-refractivity contribution in [1.82, 2.24) is 0 Å². The van der Waals surface area contributed by atoms with Gasteiger partial charge in [0.05, 0.1) is 0 Å². The Morgan fingerprint density at radius 1 is 1.71 bits per heavy atom. The highest BCUT2D eigenvalue weighted by Crippen LogP contribution is 2.12. The molecule has 0 unspecified atom stereocenters. The van der Waals surface area contributed by atoms with Gasteiger partial charge in [0.1, 0.15) is 0 Å². The van der Waals surface area contributed by atoms with Crippen LogP contribution in [0.5, 0.6) is 0 Å². The normalized spacial score (nSPS) is 12.1. The zero-order chi connectivity index (χ0) is 5.70. The van der Waals surface area contributed by atoms with Crippen molar-refractivity contribution in [3.63, 3.8) is 0 Å². The molecular formula is C5H7Br2. The largest absolute Gasteiger partial charge is 0.0648 e. The second-order valence-electron chi connectivity index (χ2n) is 1.11. The van der Waals surface area contributed by atoms with Gasteiger partial charge in [0, 0.05) is 4.48 Å². The zero-order valence-corrected chi connectivity index (χ0v) is 7.29. The third-order valence-corrected chi connectivity index (χ3v) is 2.16. The molecule has 0 aliphatic heterocycles. The number of halogens is 2. The SMILES string of the molecule is CC[CH]/C(Br)=C/Br. The highest BCUT2D eigenvalue weighted by molar-refractivity contribution is 9.14. The first-order valence-corrected chi connectivity index (χ1v) is 3.81. The van der Waals surface area contributed by atoms with Crippen molar-refractivity contribution in [1.29, 1.82) is 0 Å². The van der Waals surface area contributed by atoms with Crippen molar-refractivity contribution in [2.75, 3.05) is 0 Å². The lowest BCUT2D eigenvalue weighted by Gasteiger charge is -1.86. The van der Waals surface area contributed by atoms with Gasteiger partial charge in [-0.1, -0.05) is 38.8 Å². The van der Waals surface area contributed by atoms with E-state index in [9.17, 15) is 0 Å². The molecule has 0 aliphatic carbocycles. The van der Waals surface area contributed by atoms with Gasteiger partial charge in [0.15, 0.2) is 0 Å². The molecule has 0 spiro atoms. The fraction of sp³-hybridized carbons (Fsp3) is 0.400. The minimum absolute atomic E-state index is 1.07. The Hall–Kier alpha value is 0.700. The van der Waals surface area contributed by atoms with Crippen molar-refractivity contribution in [2.24, 2.45) is 0 Å². The van der Waals surface area contributed by atoms with Crippen molar-refractivity contribution < 1.29 is 0 Å². The van der Waals surface area contributed by atoms with E-state index in [0.29, 0.717) is 0 Å². The van der Waals surface area contributed by atoms with Crippen LogP contribution in [-0.4, -0.2) is 0 Å². The van der Waals surface area contributed by atoms with Crippen LogP contribution in [0.4, 0.5) is 0 Å². The molecular weight excluding hydrogens is 220 g/mol. The smallest absolute Gasteiger partial charge is 0.00568 e. The molecule has 0 saturated heterocycles. The van der Waals surface area contributed by atoms with E-state index in [2.05, 4.69) is 45.2 Å². The molecule has 0 aromatic heterocycles. The third-order valence-electron chi connectivity index (χ3n) is 0.503. The van der Waals surface area contributed by atoms with Crippen LogP contribution in [0.1, 0.15) is 13.3 Å². The van der Waals surface area contributed by atoms with E-state index in [1.165, 1.54) is 0 Å². The van der Waals surface area contributed by atoms with Crippen LogP contribution >= 0.6 is 31.9 Å². The van der Waals surface area contributed by atoms with Gasteiger partial charge in [0.2, 0.25) is 0 Å². The Morgan fingerprint density at radius 2 is 2.29 bits per heavy atom. The first kappa shape index (κ1) is 7.70. The lowest BCUT2D eigenvalue weighted by Crippen LogP contribution is -1.66. The van der Waals surface area contributed by atoms with Crippen molar-refractivity contribution in [3.05, 3.63) is 15.9 Å². The average Bonchev–Trinajstić information content (AvgIpc) is 1.68. The molecule has 0 aromatic carbocycles. The summed E-state index contributed by atoms with van der Waals surface area (Å²) in [5.74, 6) is 0. The molecule has 0 fully saturated rings. The van der Waals surface area contributed by atoms with E-state index < -0.39 is 0 Å². The fourth-order valence-electron chi connectivity index (χ4n) is 0.240. The predicted molar refractivity (Wildman–Crippen MR) is 40.5 cm³/mol. The minimum Gasteiger partial charge on any atom is -0.0648 e. The zero-order valence-electron chi connectivity index (χ0n) is 4.12. The van der Waals surface area contributed by atoms with Gasteiger partial charge in [-0.25, -0.2) is 0 Å². The van der Waals surface area contributed by atoms with Crippen molar-refractivity contribution in [2.45, 2.75) is 13.3 Å². The molecule has 0 heterocycles. The Kier molecular flexibility index (Phi) is 5.33. The van der Waals surface area contributed by atoms with Crippen LogP contribution in [0.2, 0.25) is 0 Å². The second kappa shape index (κ2) is 4.85. The van der Waals surface area contributed by atoms with E-state index in [0.717, 1.165) is 10.9 Å². The second-order valence-corrected chi connectivity index (χ2v) is 2.48. The Balaban J connectivity index is 3.17. The molecule has 0 saturated carbocycles. The Labute approximate surface area is 61.2 Å². The van der Waals surface area contributed by atoms with Gasteiger partial charge in [-0.3, -0.25) is 0 Å². The van der Waals surface area contributed by atoms with Gasteiger partial charge in [0.25, 0.3) is 0 Å². The molecule has 0 atom stereocenters. The van der Waals surface area contributed by atoms with E-state index in [1.807, 2.05) is 4.99 Å². The topological polar surface area (TPSA) is 0 Å². The monoisotopic (exact) mass is 225 g/mol. The maximum atomic E-state index is 3.30. The van der Waals surface area contributed by atoms with Crippen molar-refractivity contribution in [3.8, 4) is 0 Å². The van der Waals surface area contributed by atoms with E-state index >= 15 is 0 Å². The first-order chi connectivity index (χ1) is 3.31. The summed E-state index contributed by atoms with van der Waals surface area (Å²) in [5, 5.41) is 0. The van der Waals surface area contributed by atoms with Crippen LogP contribution in [-0.2, 0) is 0 Å². The van der Waals surface area contributed by atoms with Gasteiger partial charge in [-0.05, 0) is 17.8 Å². The van der Waals surface area contributed by atoms with Gasteiger partial charge >= 0.3 is 0 Å². The van der Waals surface area contributed by atoms with Gasteiger partial charge < -0.3 is 0 Å². The maximum Gasteiger partial charge on any atom is 0.00568 e. The quantitative estimate of drug-likeness (QED) is 0.679. The summed E-state index contributed by atoms with van der Waals surface area (Å²) < 4.78 is 1.11. The molecule has 7 heavy (non-hydrogen) atoms. The van der Waals surface area contributed by atoms with Crippen LogP contribution < -0.4 is 0 Å². The Morgan fingerprint density at radius 3 is 2.43 bits per heavy atom. The number of hydrogen-bond acceptors (Lipinski definition) is 0. The number of hydrogen-bond donors (Lipinski definition) is 0. The summed E-state index contributed by atoms with van der Waals surface area (Å²) >= 11 is 6.47. The molecule has 0 aliphatic rings. The van der Waals surface area contributed by atoms with E-state index in [1.54, 1.807) is 0 Å². The highest BCUT2D eigenvalue weighted by atomic mass is 79.9. The summed E-state index contributed by atoms with van der Waals surface area (Å²) in [6.45, 7) is 2.10. The van der Waals surface area contributed by atoms with Crippen LogP contribution in [0, 0.1) is 6.42 Å². The maximum absolute atomic E-state index is 3.30. The number of rotatable bonds is 2. The molecule has 0 bridgehead atoms. The van der Waals surface area contributed by atoms with Crippen LogP contribution in [0.15, 0.2) is 9.47 Å². The average molecular weight is 227 g/mol. The van der Waals surface area contributed by atoms with Gasteiger partial charge in [-0.2, -0.15) is 0 Å². The predicted octanol–water partition coefficient (Wildman–Crippen LogP) is 3.23. The number of allylic oxidation sites excluding steroid dienone is 1. The Bertz CT molecular complexity index is 66.5. The van der Waals surface area contributed by atoms with Crippen LogP contribution in [0.25, 0.3) is 0 Å². The van der Waals surface area contributed by atoms with Gasteiger partial charge in [-0.15, -0.1) is 0 Å². The molecule has 0 N–H and O–H groups in total. The van der Waals surface area contributed by atoms with E-state index in [4.69, 9.17) is 0 Å². The molecule has 0 aromatic rings. The highest BCUT2D eigenvalue weighted by Gasteiger charge is 1.83. The molecule has 41 valence electrons. The summed E-state index contributed by atoms with van der Waals surface area (Å²) in [6, 6.07) is 0. The summed E-state index contributed by atoms with van der Waals surface area (Å²) in [5.41, 5.74) is 0. The van der Waals surface area contributed by atoms with E-state index in [-0.39, 0.29) is 0 Å². The summed E-state index contributed by atoms with van der Waals surface area (Å²) in [6.07, 6.45) is 3.15.